The Bertz CT molecular complexity index is 231. The third kappa shape index (κ3) is 2.06. The van der Waals surface area contributed by atoms with Crippen LogP contribution >= 0.6 is 0 Å². The molecule has 1 aromatic rings. The zero-order valence-electron chi connectivity index (χ0n) is 7.40. The minimum Gasteiger partial charge on any atom is -0.329 e. The molecule has 0 aliphatic carbocycles. The first kappa shape index (κ1) is 9.22. The SMILES string of the molecule is CCCn1cc(C(N)CN)cn1. The molecule has 0 spiro atoms. The van der Waals surface area contributed by atoms with Gasteiger partial charge in [0.2, 0.25) is 0 Å². The summed E-state index contributed by atoms with van der Waals surface area (Å²) in [6, 6.07) is -0.0735. The molecule has 0 amide bonds. The summed E-state index contributed by atoms with van der Waals surface area (Å²) in [7, 11) is 0. The Hall–Kier alpha value is -0.870. The normalized spacial score (nSPS) is 13.2. The van der Waals surface area contributed by atoms with Gasteiger partial charge in [-0.1, -0.05) is 6.92 Å². The number of aromatic nitrogens is 2. The molecule has 0 radical (unpaired) electrons. The number of nitrogens with two attached hydrogens (primary N) is 2. The van der Waals surface area contributed by atoms with E-state index in [1.165, 1.54) is 0 Å². The Morgan fingerprint density at radius 1 is 1.67 bits per heavy atom. The van der Waals surface area contributed by atoms with Crippen molar-refractivity contribution >= 4 is 0 Å². The molecule has 68 valence electrons. The molecule has 4 N–H and O–H groups in total. The van der Waals surface area contributed by atoms with Crippen LogP contribution in [-0.2, 0) is 6.54 Å². The lowest BCUT2D eigenvalue weighted by molar-refractivity contribution is 0.601. The summed E-state index contributed by atoms with van der Waals surface area (Å²) in [4.78, 5) is 0. The molecular formula is C8H16N4. The van der Waals surface area contributed by atoms with Crippen molar-refractivity contribution in [3.05, 3.63) is 18.0 Å². The van der Waals surface area contributed by atoms with Gasteiger partial charge in [-0.05, 0) is 6.42 Å². The van der Waals surface area contributed by atoms with E-state index in [2.05, 4.69) is 12.0 Å². The third-order valence-corrected chi connectivity index (χ3v) is 1.79. The molecule has 0 saturated carbocycles. The second-order valence-corrected chi connectivity index (χ2v) is 2.88. The summed E-state index contributed by atoms with van der Waals surface area (Å²) in [5.41, 5.74) is 12.2. The lowest BCUT2D eigenvalue weighted by Crippen LogP contribution is -2.20. The summed E-state index contributed by atoms with van der Waals surface area (Å²) in [6.45, 7) is 3.53. The molecule has 0 fully saturated rings. The van der Waals surface area contributed by atoms with Crippen molar-refractivity contribution in [3.8, 4) is 0 Å². The number of rotatable bonds is 4. The van der Waals surface area contributed by atoms with E-state index in [9.17, 15) is 0 Å². The summed E-state index contributed by atoms with van der Waals surface area (Å²) < 4.78 is 1.89. The van der Waals surface area contributed by atoms with Crippen LogP contribution in [0.25, 0.3) is 0 Å². The largest absolute Gasteiger partial charge is 0.329 e. The maximum Gasteiger partial charge on any atom is 0.0538 e. The fraction of sp³-hybridized carbons (Fsp3) is 0.625. The maximum absolute atomic E-state index is 5.73. The molecule has 0 aromatic carbocycles. The average molecular weight is 168 g/mol. The monoisotopic (exact) mass is 168 g/mol. The summed E-state index contributed by atoms with van der Waals surface area (Å²) in [5, 5.41) is 4.16. The molecule has 12 heavy (non-hydrogen) atoms. The van der Waals surface area contributed by atoms with E-state index in [1.807, 2.05) is 10.9 Å². The van der Waals surface area contributed by atoms with Crippen molar-refractivity contribution in [3.63, 3.8) is 0 Å². The predicted octanol–water partition coefficient (Wildman–Crippen LogP) is 0.252. The first-order valence-electron chi connectivity index (χ1n) is 4.26. The summed E-state index contributed by atoms with van der Waals surface area (Å²) in [6.07, 6.45) is 4.83. The Morgan fingerprint density at radius 3 is 3.00 bits per heavy atom. The van der Waals surface area contributed by atoms with Gasteiger partial charge in [-0.2, -0.15) is 5.10 Å². The highest BCUT2D eigenvalue weighted by Gasteiger charge is 2.05. The summed E-state index contributed by atoms with van der Waals surface area (Å²) in [5.74, 6) is 0. The van der Waals surface area contributed by atoms with Gasteiger partial charge in [0, 0.05) is 30.9 Å². The van der Waals surface area contributed by atoms with Gasteiger partial charge in [0.25, 0.3) is 0 Å². The second kappa shape index (κ2) is 4.23. The molecule has 1 heterocycles. The third-order valence-electron chi connectivity index (χ3n) is 1.79. The zero-order valence-corrected chi connectivity index (χ0v) is 7.40. The van der Waals surface area contributed by atoms with Crippen molar-refractivity contribution in [1.82, 2.24) is 9.78 Å². The average Bonchev–Trinajstić information content (AvgIpc) is 2.52. The highest BCUT2D eigenvalue weighted by Crippen LogP contribution is 2.06. The van der Waals surface area contributed by atoms with E-state index in [-0.39, 0.29) is 6.04 Å². The van der Waals surface area contributed by atoms with E-state index in [4.69, 9.17) is 11.5 Å². The Morgan fingerprint density at radius 2 is 2.42 bits per heavy atom. The molecule has 1 unspecified atom stereocenters. The number of hydrogen-bond donors (Lipinski definition) is 2. The van der Waals surface area contributed by atoms with Gasteiger partial charge in [-0.25, -0.2) is 0 Å². The first-order chi connectivity index (χ1) is 5.77. The fourth-order valence-corrected chi connectivity index (χ4v) is 1.06. The van der Waals surface area contributed by atoms with Crippen LogP contribution in [0, 0.1) is 0 Å². The van der Waals surface area contributed by atoms with E-state index >= 15 is 0 Å². The Kier molecular flexibility index (Phi) is 3.25. The quantitative estimate of drug-likeness (QED) is 0.677. The predicted molar refractivity (Wildman–Crippen MR) is 48.5 cm³/mol. The van der Waals surface area contributed by atoms with Crippen molar-refractivity contribution in [2.24, 2.45) is 11.5 Å². The molecule has 4 heteroatoms. The standard InChI is InChI=1S/C8H16N4/c1-2-3-12-6-7(5-11-12)8(10)4-9/h5-6,8H,2-4,9-10H2,1H3. The molecule has 0 bridgehead atoms. The van der Waals surface area contributed by atoms with Gasteiger partial charge in [0.05, 0.1) is 6.20 Å². The lowest BCUT2D eigenvalue weighted by atomic mass is 10.2. The highest BCUT2D eigenvalue weighted by atomic mass is 15.3. The van der Waals surface area contributed by atoms with Gasteiger partial charge in [0.15, 0.2) is 0 Å². The molecule has 1 rings (SSSR count). The molecular weight excluding hydrogens is 152 g/mol. The number of aryl methyl sites for hydroxylation is 1. The Labute approximate surface area is 72.5 Å². The fourth-order valence-electron chi connectivity index (χ4n) is 1.06. The van der Waals surface area contributed by atoms with E-state index in [1.54, 1.807) is 6.20 Å². The summed E-state index contributed by atoms with van der Waals surface area (Å²) >= 11 is 0. The van der Waals surface area contributed by atoms with Crippen LogP contribution in [-0.4, -0.2) is 16.3 Å². The first-order valence-corrected chi connectivity index (χ1v) is 4.26. The van der Waals surface area contributed by atoms with E-state index in [0.717, 1.165) is 18.5 Å². The molecule has 4 nitrogen and oxygen atoms in total. The van der Waals surface area contributed by atoms with Crippen LogP contribution in [0.15, 0.2) is 12.4 Å². The Balaban J connectivity index is 2.63. The van der Waals surface area contributed by atoms with Gasteiger partial charge in [-0.15, -0.1) is 0 Å². The van der Waals surface area contributed by atoms with Crippen LogP contribution in [0.2, 0.25) is 0 Å². The molecule has 0 aliphatic rings. The molecule has 0 aliphatic heterocycles. The van der Waals surface area contributed by atoms with Crippen LogP contribution in [0.5, 0.6) is 0 Å². The van der Waals surface area contributed by atoms with E-state index in [0.29, 0.717) is 6.54 Å². The van der Waals surface area contributed by atoms with Crippen LogP contribution < -0.4 is 11.5 Å². The second-order valence-electron chi connectivity index (χ2n) is 2.88. The van der Waals surface area contributed by atoms with Crippen molar-refractivity contribution < 1.29 is 0 Å². The van der Waals surface area contributed by atoms with E-state index < -0.39 is 0 Å². The van der Waals surface area contributed by atoms with Gasteiger partial charge in [0.1, 0.15) is 0 Å². The molecule has 1 atom stereocenters. The number of hydrogen-bond acceptors (Lipinski definition) is 3. The van der Waals surface area contributed by atoms with Crippen molar-refractivity contribution in [2.45, 2.75) is 25.9 Å². The van der Waals surface area contributed by atoms with Crippen LogP contribution in [0.3, 0.4) is 0 Å². The zero-order chi connectivity index (χ0) is 8.97. The molecule has 0 saturated heterocycles. The smallest absolute Gasteiger partial charge is 0.0538 e. The number of nitrogens with zero attached hydrogens (tertiary/aromatic N) is 2. The van der Waals surface area contributed by atoms with Gasteiger partial charge in [-0.3, -0.25) is 4.68 Å². The minimum atomic E-state index is -0.0735. The molecule has 1 aromatic heterocycles. The lowest BCUT2D eigenvalue weighted by Gasteiger charge is -2.03. The van der Waals surface area contributed by atoms with Crippen LogP contribution in [0.1, 0.15) is 24.9 Å². The highest BCUT2D eigenvalue weighted by molar-refractivity contribution is 5.09. The van der Waals surface area contributed by atoms with Crippen LogP contribution in [0.4, 0.5) is 0 Å². The van der Waals surface area contributed by atoms with Gasteiger partial charge >= 0.3 is 0 Å². The topological polar surface area (TPSA) is 69.9 Å². The van der Waals surface area contributed by atoms with Gasteiger partial charge < -0.3 is 11.5 Å². The maximum atomic E-state index is 5.73. The minimum absolute atomic E-state index is 0.0735. The van der Waals surface area contributed by atoms with Crippen molar-refractivity contribution in [1.29, 1.82) is 0 Å². The van der Waals surface area contributed by atoms with Crippen molar-refractivity contribution in [2.75, 3.05) is 6.54 Å².